The number of benzene rings is 1. The van der Waals surface area contributed by atoms with Crippen molar-refractivity contribution >= 4 is 24.2 Å². The lowest BCUT2D eigenvalue weighted by atomic mass is 10.0. The molecule has 0 radical (unpaired) electrons. The number of rotatable bonds is 2. The maximum atomic E-state index is 13.2. The molecule has 126 valence electrons. The Morgan fingerprint density at radius 3 is 2.43 bits per heavy atom. The van der Waals surface area contributed by atoms with Gasteiger partial charge in [0.15, 0.2) is 0 Å². The van der Waals surface area contributed by atoms with E-state index < -0.39 is 5.82 Å². The van der Waals surface area contributed by atoms with Crippen LogP contribution >= 0.6 is 12.4 Å². The molecule has 3 rings (SSSR count). The Kier molecular flexibility index (Phi) is 5.96. The highest BCUT2D eigenvalue weighted by Crippen LogP contribution is 2.14. The quantitative estimate of drug-likeness (QED) is 0.877. The average molecular weight is 342 g/mol. The van der Waals surface area contributed by atoms with Gasteiger partial charge < -0.3 is 15.1 Å². The van der Waals surface area contributed by atoms with Crippen LogP contribution in [-0.2, 0) is 4.79 Å². The molecule has 2 saturated heterocycles. The number of nitrogens with zero attached hydrogens (tertiary/aromatic N) is 2. The molecule has 5 nitrogen and oxygen atoms in total. The van der Waals surface area contributed by atoms with Crippen LogP contribution in [-0.4, -0.2) is 60.9 Å². The van der Waals surface area contributed by atoms with Gasteiger partial charge in [-0.15, -0.1) is 12.4 Å². The largest absolute Gasteiger partial charge is 0.341 e. The van der Waals surface area contributed by atoms with Gasteiger partial charge in [0.05, 0.1) is 5.92 Å². The summed E-state index contributed by atoms with van der Waals surface area (Å²) in [6.45, 7) is 3.84. The van der Waals surface area contributed by atoms with Crippen LogP contribution in [0.25, 0.3) is 0 Å². The fraction of sp³-hybridized carbons (Fsp3) is 0.500. The van der Waals surface area contributed by atoms with Crippen molar-refractivity contribution in [3.8, 4) is 0 Å². The van der Waals surface area contributed by atoms with E-state index in [4.69, 9.17) is 0 Å². The van der Waals surface area contributed by atoms with Gasteiger partial charge in [-0.05, 0) is 24.6 Å². The molecule has 2 aliphatic heterocycles. The lowest BCUT2D eigenvalue weighted by Gasteiger charge is -2.31. The number of amides is 2. The molecule has 23 heavy (non-hydrogen) atoms. The summed E-state index contributed by atoms with van der Waals surface area (Å²) in [6, 6.07) is 5.75. The smallest absolute Gasteiger partial charge is 0.254 e. The molecule has 2 fully saturated rings. The van der Waals surface area contributed by atoms with E-state index in [-0.39, 0.29) is 30.1 Å². The van der Waals surface area contributed by atoms with E-state index >= 15 is 0 Å². The number of carbonyl (C=O) groups is 2. The second-order valence-corrected chi connectivity index (χ2v) is 5.84. The van der Waals surface area contributed by atoms with Crippen molar-refractivity contribution < 1.29 is 14.0 Å². The summed E-state index contributed by atoms with van der Waals surface area (Å²) in [5, 5.41) is 3.10. The molecule has 0 unspecified atom stereocenters. The van der Waals surface area contributed by atoms with Crippen LogP contribution in [0.15, 0.2) is 24.3 Å². The number of halogens is 2. The maximum Gasteiger partial charge on any atom is 0.254 e. The predicted octanol–water partition coefficient (Wildman–Crippen LogP) is 1.14. The van der Waals surface area contributed by atoms with Crippen LogP contribution < -0.4 is 5.32 Å². The van der Waals surface area contributed by atoms with Crippen molar-refractivity contribution in [2.24, 2.45) is 5.92 Å². The lowest BCUT2D eigenvalue weighted by Crippen LogP contribution is -2.52. The minimum atomic E-state index is -0.407. The molecule has 0 aromatic heterocycles. The van der Waals surface area contributed by atoms with Crippen molar-refractivity contribution in [2.45, 2.75) is 6.42 Å². The summed E-state index contributed by atoms with van der Waals surface area (Å²) in [6.07, 6.45) is 0.757. The molecule has 2 amide bonds. The van der Waals surface area contributed by atoms with Crippen LogP contribution in [0.1, 0.15) is 16.8 Å². The van der Waals surface area contributed by atoms with E-state index in [1.807, 2.05) is 4.90 Å². The van der Waals surface area contributed by atoms with Crippen LogP contribution in [0, 0.1) is 11.7 Å². The van der Waals surface area contributed by atoms with Gasteiger partial charge in [-0.3, -0.25) is 9.59 Å². The Bertz CT molecular complexity index is 580. The van der Waals surface area contributed by atoms with Crippen LogP contribution in [0.4, 0.5) is 4.39 Å². The molecule has 1 aromatic rings. The van der Waals surface area contributed by atoms with Crippen molar-refractivity contribution in [1.29, 1.82) is 0 Å². The summed E-state index contributed by atoms with van der Waals surface area (Å²) < 4.78 is 13.2. The number of hydrogen-bond acceptors (Lipinski definition) is 3. The lowest BCUT2D eigenvalue weighted by molar-refractivity contribution is -0.136. The summed E-state index contributed by atoms with van der Waals surface area (Å²) in [7, 11) is 0. The summed E-state index contributed by atoms with van der Waals surface area (Å²) in [5.74, 6) is -0.307. The summed E-state index contributed by atoms with van der Waals surface area (Å²) in [5.41, 5.74) is 0.364. The maximum absolute atomic E-state index is 13.2. The highest BCUT2D eigenvalue weighted by molar-refractivity contribution is 5.94. The van der Waals surface area contributed by atoms with E-state index in [2.05, 4.69) is 5.32 Å². The molecule has 0 atom stereocenters. The first-order valence-corrected chi connectivity index (χ1v) is 7.69. The molecular weight excluding hydrogens is 321 g/mol. The molecular formula is C16H21ClFN3O2. The number of nitrogens with one attached hydrogen (secondary N) is 1. The molecule has 7 heteroatoms. The van der Waals surface area contributed by atoms with Crippen LogP contribution in [0.5, 0.6) is 0 Å². The van der Waals surface area contributed by atoms with Crippen LogP contribution in [0.2, 0.25) is 0 Å². The van der Waals surface area contributed by atoms with Gasteiger partial charge in [-0.2, -0.15) is 0 Å². The second kappa shape index (κ2) is 7.75. The normalized spacial score (nSPS) is 18.7. The van der Waals surface area contributed by atoms with Gasteiger partial charge >= 0.3 is 0 Å². The molecule has 1 aromatic carbocycles. The van der Waals surface area contributed by atoms with Gasteiger partial charge in [0, 0.05) is 44.8 Å². The first kappa shape index (κ1) is 17.7. The molecule has 0 saturated carbocycles. The molecule has 2 heterocycles. The van der Waals surface area contributed by atoms with Gasteiger partial charge in [0.1, 0.15) is 5.82 Å². The molecule has 2 aliphatic rings. The zero-order valence-electron chi connectivity index (χ0n) is 12.8. The van der Waals surface area contributed by atoms with Gasteiger partial charge in [-0.25, -0.2) is 4.39 Å². The third kappa shape index (κ3) is 4.00. The van der Waals surface area contributed by atoms with Gasteiger partial charge in [0.2, 0.25) is 5.91 Å². The van der Waals surface area contributed by atoms with E-state index in [0.29, 0.717) is 31.7 Å². The molecule has 0 spiro atoms. The minimum Gasteiger partial charge on any atom is -0.341 e. The predicted molar refractivity (Wildman–Crippen MR) is 87.1 cm³/mol. The van der Waals surface area contributed by atoms with E-state index in [1.165, 1.54) is 12.1 Å². The second-order valence-electron chi connectivity index (χ2n) is 5.84. The number of carbonyl (C=O) groups excluding carboxylic acids is 2. The SMILES string of the molecule is Cl.O=C(c1cccc(F)c1)N1CCCN(C(=O)C2CNC2)CC1. The minimum absolute atomic E-state index is 0. The van der Waals surface area contributed by atoms with Crippen molar-refractivity contribution in [2.75, 3.05) is 39.3 Å². The highest BCUT2D eigenvalue weighted by atomic mass is 35.5. The topological polar surface area (TPSA) is 52.7 Å². The zero-order valence-corrected chi connectivity index (χ0v) is 13.7. The first-order chi connectivity index (χ1) is 10.6. The fourth-order valence-corrected chi connectivity index (χ4v) is 2.87. The number of hydrogen-bond donors (Lipinski definition) is 1. The fourth-order valence-electron chi connectivity index (χ4n) is 2.87. The van der Waals surface area contributed by atoms with Crippen LogP contribution in [0.3, 0.4) is 0 Å². The molecule has 0 aliphatic carbocycles. The Morgan fingerprint density at radius 1 is 1.09 bits per heavy atom. The monoisotopic (exact) mass is 341 g/mol. The Hall–Kier alpha value is -1.66. The standard InChI is InChI=1S/C16H20FN3O2.ClH/c17-14-4-1-3-12(9-14)15(21)19-5-2-6-20(8-7-19)16(22)13-10-18-11-13;/h1,3-4,9,13,18H,2,5-8,10-11H2;1H. The van der Waals surface area contributed by atoms with Crippen molar-refractivity contribution in [3.63, 3.8) is 0 Å². The van der Waals surface area contributed by atoms with Gasteiger partial charge in [-0.1, -0.05) is 6.07 Å². The average Bonchev–Trinajstić information content (AvgIpc) is 2.70. The van der Waals surface area contributed by atoms with Crippen molar-refractivity contribution in [3.05, 3.63) is 35.6 Å². The molecule has 0 bridgehead atoms. The highest BCUT2D eigenvalue weighted by Gasteiger charge is 2.30. The van der Waals surface area contributed by atoms with Gasteiger partial charge in [0.25, 0.3) is 5.91 Å². The summed E-state index contributed by atoms with van der Waals surface area (Å²) in [4.78, 5) is 28.2. The Labute approximate surface area is 141 Å². The third-order valence-electron chi connectivity index (χ3n) is 4.30. The van der Waals surface area contributed by atoms with E-state index in [0.717, 1.165) is 19.5 Å². The summed E-state index contributed by atoms with van der Waals surface area (Å²) >= 11 is 0. The van der Waals surface area contributed by atoms with Crippen molar-refractivity contribution in [1.82, 2.24) is 15.1 Å². The zero-order chi connectivity index (χ0) is 15.5. The van der Waals surface area contributed by atoms with E-state index in [9.17, 15) is 14.0 Å². The molecule has 1 N–H and O–H groups in total. The Balaban J connectivity index is 0.00000192. The Morgan fingerprint density at radius 2 is 1.78 bits per heavy atom. The first-order valence-electron chi connectivity index (χ1n) is 7.69. The van der Waals surface area contributed by atoms with E-state index in [1.54, 1.807) is 17.0 Å². The third-order valence-corrected chi connectivity index (χ3v) is 4.30.